The van der Waals surface area contributed by atoms with Crippen LogP contribution >= 0.6 is 7.92 Å². The van der Waals surface area contributed by atoms with Gasteiger partial charge in [0.2, 0.25) is 0 Å². The summed E-state index contributed by atoms with van der Waals surface area (Å²) in [7, 11) is -0.245. The van der Waals surface area contributed by atoms with Gasteiger partial charge in [0, 0.05) is 28.5 Å². The first-order chi connectivity index (χ1) is 13.0. The van der Waals surface area contributed by atoms with E-state index in [0.29, 0.717) is 11.3 Å². The zero-order chi connectivity index (χ0) is 21.1. The molecule has 2 aromatic rings. The Morgan fingerprint density at radius 2 is 1.39 bits per heavy atom. The van der Waals surface area contributed by atoms with Crippen molar-refractivity contribution in [3.8, 4) is 0 Å². The van der Waals surface area contributed by atoms with Crippen LogP contribution in [-0.2, 0) is 0 Å². The number of nitrogens with one attached hydrogen (secondary N) is 1. The lowest BCUT2D eigenvalue weighted by Gasteiger charge is -2.29. The molecule has 0 saturated carbocycles. The van der Waals surface area contributed by atoms with Crippen molar-refractivity contribution >= 4 is 30.8 Å². The minimum absolute atomic E-state index is 0.0837. The summed E-state index contributed by atoms with van der Waals surface area (Å²) in [4.78, 5) is 4.74. The number of aryl methyl sites for hydroxylation is 2. The molecule has 0 heterocycles. The normalized spacial score (nSPS) is 12.6. The van der Waals surface area contributed by atoms with Crippen LogP contribution in [0.3, 0.4) is 0 Å². The molecule has 0 aliphatic rings. The van der Waals surface area contributed by atoms with Gasteiger partial charge < -0.3 is 5.32 Å². The average molecular weight is 397 g/mol. The highest BCUT2D eigenvalue weighted by Crippen LogP contribution is 2.47. The number of benzene rings is 2. The third kappa shape index (κ3) is 6.17. The first-order valence-corrected chi connectivity index (χ1v) is 11.8. The molecule has 2 nitrogen and oxygen atoms in total. The molecule has 0 spiro atoms. The maximum Gasteiger partial charge on any atom is 0.0524 e. The Balaban J connectivity index is 2.51. The summed E-state index contributed by atoms with van der Waals surface area (Å²) < 4.78 is 0. The highest BCUT2D eigenvalue weighted by Gasteiger charge is 2.22. The Bertz CT molecular complexity index is 821. The van der Waals surface area contributed by atoms with Crippen LogP contribution in [0.1, 0.15) is 65.2 Å². The Morgan fingerprint density at radius 1 is 0.857 bits per heavy atom. The summed E-state index contributed by atoms with van der Waals surface area (Å²) in [6.45, 7) is 20.1. The van der Waals surface area contributed by atoms with Gasteiger partial charge in [-0.1, -0.05) is 58.9 Å². The molecule has 0 saturated heterocycles. The zero-order valence-electron chi connectivity index (χ0n) is 19.1. The zero-order valence-corrected chi connectivity index (χ0v) is 20.0. The van der Waals surface area contributed by atoms with Crippen molar-refractivity contribution < 1.29 is 0 Å². The van der Waals surface area contributed by atoms with Gasteiger partial charge >= 0.3 is 0 Å². The van der Waals surface area contributed by atoms with Gasteiger partial charge in [-0.3, -0.25) is 4.99 Å². The summed E-state index contributed by atoms with van der Waals surface area (Å²) in [5.41, 5.74) is 7.28. The summed E-state index contributed by atoms with van der Waals surface area (Å²) in [5.74, 6) is 0. The minimum Gasteiger partial charge on any atom is -0.354 e. The number of anilines is 2. The van der Waals surface area contributed by atoms with Gasteiger partial charge in [-0.25, -0.2) is 0 Å². The molecule has 0 aliphatic heterocycles. The maximum absolute atomic E-state index is 4.74. The molecular formula is C25H37N2P. The van der Waals surface area contributed by atoms with E-state index in [-0.39, 0.29) is 13.5 Å². The first-order valence-electron chi connectivity index (χ1n) is 10.3. The smallest absolute Gasteiger partial charge is 0.0524 e. The molecule has 0 aromatic heterocycles. The lowest BCUT2D eigenvalue weighted by Crippen LogP contribution is -2.19. The molecule has 0 atom stereocenters. The van der Waals surface area contributed by atoms with Crippen LogP contribution in [0.4, 0.5) is 11.4 Å². The maximum atomic E-state index is 4.74. The largest absolute Gasteiger partial charge is 0.354 e. The van der Waals surface area contributed by atoms with Crippen molar-refractivity contribution in [2.24, 2.45) is 4.99 Å². The second-order valence-electron chi connectivity index (χ2n) is 9.26. The predicted molar refractivity (Wildman–Crippen MR) is 130 cm³/mol. The van der Waals surface area contributed by atoms with Crippen LogP contribution in [0.2, 0.25) is 0 Å². The highest BCUT2D eigenvalue weighted by molar-refractivity contribution is 7.67. The molecule has 1 N–H and O–H groups in total. The quantitative estimate of drug-likeness (QED) is 0.405. The second-order valence-corrected chi connectivity index (χ2v) is 12.6. The van der Waals surface area contributed by atoms with Crippen molar-refractivity contribution in [2.45, 2.75) is 79.2 Å². The predicted octanol–water partition coefficient (Wildman–Crippen LogP) is 7.19. The summed E-state index contributed by atoms with van der Waals surface area (Å²) in [6.07, 6.45) is 2.01. The van der Waals surface area contributed by atoms with Crippen LogP contribution < -0.4 is 10.6 Å². The Morgan fingerprint density at radius 3 is 1.93 bits per heavy atom. The van der Waals surface area contributed by atoms with E-state index in [1.807, 2.05) is 6.21 Å². The van der Waals surface area contributed by atoms with Crippen molar-refractivity contribution in [1.29, 1.82) is 0 Å². The third-order valence-corrected chi connectivity index (χ3v) is 7.76. The molecule has 28 heavy (non-hydrogen) atoms. The van der Waals surface area contributed by atoms with Crippen LogP contribution in [0.25, 0.3) is 0 Å². The molecule has 0 radical (unpaired) electrons. The summed E-state index contributed by atoms with van der Waals surface area (Å²) in [5, 5.41) is 5.22. The van der Waals surface area contributed by atoms with E-state index in [0.717, 1.165) is 11.3 Å². The van der Waals surface area contributed by atoms with E-state index in [1.54, 1.807) is 0 Å². The van der Waals surface area contributed by atoms with Crippen molar-refractivity contribution in [3.63, 3.8) is 0 Å². The van der Waals surface area contributed by atoms with Gasteiger partial charge in [0.15, 0.2) is 0 Å². The number of rotatable bonds is 6. The lowest BCUT2D eigenvalue weighted by atomic mass is 10.1. The van der Waals surface area contributed by atoms with Gasteiger partial charge in [-0.05, 0) is 70.2 Å². The SMILES string of the molecule is Cc1ccc(Nc2ccc(C)cc2P(C(C)C)C(C)C)c(C=NC(C)(C)C)c1. The topological polar surface area (TPSA) is 24.4 Å². The average Bonchev–Trinajstić information content (AvgIpc) is 2.55. The van der Waals surface area contributed by atoms with Crippen molar-refractivity contribution in [1.82, 2.24) is 0 Å². The van der Waals surface area contributed by atoms with Gasteiger partial charge in [0.25, 0.3) is 0 Å². The Kier molecular flexibility index (Phi) is 7.46. The number of hydrogen-bond acceptors (Lipinski definition) is 2. The van der Waals surface area contributed by atoms with Crippen LogP contribution in [0, 0.1) is 13.8 Å². The number of hydrogen-bond donors (Lipinski definition) is 1. The van der Waals surface area contributed by atoms with Gasteiger partial charge in [0.05, 0.1) is 5.54 Å². The molecule has 2 rings (SSSR count). The van der Waals surface area contributed by atoms with Crippen molar-refractivity contribution in [2.75, 3.05) is 5.32 Å². The Labute approximate surface area is 173 Å². The third-order valence-electron chi connectivity index (χ3n) is 4.61. The van der Waals surface area contributed by atoms with E-state index in [4.69, 9.17) is 4.99 Å². The molecule has 0 bridgehead atoms. The Hall–Kier alpha value is -1.66. The molecule has 152 valence electrons. The van der Waals surface area contributed by atoms with E-state index in [9.17, 15) is 0 Å². The second kappa shape index (κ2) is 9.23. The van der Waals surface area contributed by atoms with Gasteiger partial charge in [-0.2, -0.15) is 0 Å². The lowest BCUT2D eigenvalue weighted by molar-refractivity contribution is 0.586. The van der Waals surface area contributed by atoms with E-state index < -0.39 is 0 Å². The molecular weight excluding hydrogens is 359 g/mol. The van der Waals surface area contributed by atoms with Crippen LogP contribution in [0.15, 0.2) is 41.4 Å². The van der Waals surface area contributed by atoms with Crippen LogP contribution in [0.5, 0.6) is 0 Å². The monoisotopic (exact) mass is 396 g/mol. The van der Waals surface area contributed by atoms with Crippen LogP contribution in [-0.4, -0.2) is 23.1 Å². The standard InChI is InChI=1S/C25H37N2P/c1-17(2)28(18(3)4)24-15-20(6)11-13-23(24)27-22-12-10-19(5)14-21(22)16-26-25(7,8)9/h10-18,27H,1-9H3. The molecule has 3 heteroatoms. The van der Waals surface area contributed by atoms with E-state index in [1.165, 1.54) is 22.1 Å². The first kappa shape index (κ1) is 22.6. The molecule has 0 fully saturated rings. The molecule has 0 amide bonds. The van der Waals surface area contributed by atoms with E-state index in [2.05, 4.69) is 104 Å². The van der Waals surface area contributed by atoms with Gasteiger partial charge in [0.1, 0.15) is 0 Å². The van der Waals surface area contributed by atoms with Crippen molar-refractivity contribution in [3.05, 3.63) is 53.1 Å². The van der Waals surface area contributed by atoms with E-state index >= 15 is 0 Å². The highest BCUT2D eigenvalue weighted by atomic mass is 31.1. The summed E-state index contributed by atoms with van der Waals surface area (Å²) >= 11 is 0. The number of nitrogens with zero attached hydrogens (tertiary/aromatic N) is 1. The summed E-state index contributed by atoms with van der Waals surface area (Å²) in [6, 6.07) is 13.4. The number of aliphatic imine (C=N–C) groups is 1. The fourth-order valence-electron chi connectivity index (χ4n) is 3.42. The molecule has 2 aromatic carbocycles. The van der Waals surface area contributed by atoms with Gasteiger partial charge in [-0.15, -0.1) is 0 Å². The molecule has 0 aliphatic carbocycles. The minimum atomic E-state index is -0.245. The molecule has 0 unspecified atom stereocenters. The fourth-order valence-corrected chi connectivity index (χ4v) is 6.49. The fraction of sp³-hybridized carbons (Fsp3) is 0.480.